The van der Waals surface area contributed by atoms with Crippen LogP contribution in [-0.2, 0) is 6.54 Å². The standard InChI is InChI=1S/C25H25N3O3S/c1-3-31-22-14-12-19(13-15-22)23(29)27-25(32)26-21-11-7-10-20(16-21)24(30)28(2)17-18-8-5-4-6-9-18/h4-16H,3,17H2,1-2H3,(H2,26,27,29,32). The number of carbonyl (C=O) groups is 2. The molecule has 7 heteroatoms. The molecule has 0 radical (unpaired) electrons. The predicted octanol–water partition coefficient (Wildman–Crippen LogP) is 4.48. The summed E-state index contributed by atoms with van der Waals surface area (Å²) in [6.45, 7) is 2.96. The van der Waals surface area contributed by atoms with Crippen LogP contribution >= 0.6 is 12.2 Å². The van der Waals surface area contributed by atoms with Gasteiger partial charge in [-0.2, -0.15) is 0 Å². The summed E-state index contributed by atoms with van der Waals surface area (Å²) in [4.78, 5) is 26.9. The maximum Gasteiger partial charge on any atom is 0.257 e. The van der Waals surface area contributed by atoms with E-state index in [4.69, 9.17) is 17.0 Å². The van der Waals surface area contributed by atoms with Gasteiger partial charge in [0, 0.05) is 30.4 Å². The highest BCUT2D eigenvalue weighted by atomic mass is 32.1. The number of rotatable bonds is 7. The van der Waals surface area contributed by atoms with Gasteiger partial charge in [0.25, 0.3) is 11.8 Å². The molecule has 0 fully saturated rings. The van der Waals surface area contributed by atoms with Crippen molar-refractivity contribution in [2.45, 2.75) is 13.5 Å². The van der Waals surface area contributed by atoms with Crippen molar-refractivity contribution >= 4 is 34.8 Å². The van der Waals surface area contributed by atoms with Gasteiger partial charge in [0.1, 0.15) is 5.75 Å². The first kappa shape index (κ1) is 23.0. The molecule has 0 atom stereocenters. The maximum atomic E-state index is 12.8. The molecule has 0 saturated heterocycles. The lowest BCUT2D eigenvalue weighted by Crippen LogP contribution is -2.34. The topological polar surface area (TPSA) is 70.7 Å². The van der Waals surface area contributed by atoms with Crippen molar-refractivity contribution in [3.05, 3.63) is 95.6 Å². The molecule has 6 nitrogen and oxygen atoms in total. The molecule has 0 heterocycles. The van der Waals surface area contributed by atoms with E-state index in [9.17, 15) is 9.59 Å². The van der Waals surface area contributed by atoms with Gasteiger partial charge in [-0.1, -0.05) is 36.4 Å². The summed E-state index contributed by atoms with van der Waals surface area (Å²) in [5, 5.41) is 5.75. The second-order valence-electron chi connectivity index (χ2n) is 7.09. The van der Waals surface area contributed by atoms with Crippen LogP contribution in [0, 0.1) is 0 Å². The Hall–Kier alpha value is -3.71. The molecule has 32 heavy (non-hydrogen) atoms. The average molecular weight is 448 g/mol. The first-order valence-corrected chi connectivity index (χ1v) is 10.6. The van der Waals surface area contributed by atoms with Crippen molar-refractivity contribution < 1.29 is 14.3 Å². The van der Waals surface area contributed by atoms with E-state index in [1.807, 2.05) is 37.3 Å². The molecule has 3 aromatic rings. The highest BCUT2D eigenvalue weighted by Gasteiger charge is 2.13. The number of anilines is 1. The summed E-state index contributed by atoms with van der Waals surface area (Å²) in [6, 6.07) is 23.6. The van der Waals surface area contributed by atoms with Crippen molar-refractivity contribution in [2.75, 3.05) is 19.0 Å². The molecule has 164 valence electrons. The lowest BCUT2D eigenvalue weighted by atomic mass is 10.1. The Bertz CT molecular complexity index is 1090. The van der Waals surface area contributed by atoms with Gasteiger partial charge in [-0.3, -0.25) is 14.9 Å². The third kappa shape index (κ3) is 6.39. The molecule has 3 rings (SSSR count). The van der Waals surface area contributed by atoms with E-state index in [1.165, 1.54) is 0 Å². The van der Waals surface area contributed by atoms with Gasteiger partial charge in [0.05, 0.1) is 6.61 Å². The Labute approximate surface area is 193 Å². The van der Waals surface area contributed by atoms with Crippen LogP contribution in [0.2, 0.25) is 0 Å². The zero-order chi connectivity index (χ0) is 22.9. The predicted molar refractivity (Wildman–Crippen MR) is 130 cm³/mol. The summed E-state index contributed by atoms with van der Waals surface area (Å²) < 4.78 is 5.38. The summed E-state index contributed by atoms with van der Waals surface area (Å²) in [6.07, 6.45) is 0. The van der Waals surface area contributed by atoms with Crippen molar-refractivity contribution in [3.8, 4) is 5.75 Å². The fraction of sp³-hybridized carbons (Fsp3) is 0.160. The average Bonchev–Trinajstić information content (AvgIpc) is 2.80. The number of hydrogen-bond acceptors (Lipinski definition) is 4. The largest absolute Gasteiger partial charge is 0.494 e. The van der Waals surface area contributed by atoms with Gasteiger partial charge in [-0.15, -0.1) is 0 Å². The molecule has 0 spiro atoms. The van der Waals surface area contributed by atoms with E-state index in [0.29, 0.717) is 35.7 Å². The number of thiocarbonyl (C=S) groups is 1. The monoisotopic (exact) mass is 447 g/mol. The van der Waals surface area contributed by atoms with Crippen molar-refractivity contribution in [1.82, 2.24) is 10.2 Å². The van der Waals surface area contributed by atoms with Crippen LogP contribution in [0.4, 0.5) is 5.69 Å². The molecule has 3 aromatic carbocycles. The lowest BCUT2D eigenvalue weighted by molar-refractivity contribution is 0.0785. The van der Waals surface area contributed by atoms with Crippen LogP contribution in [-0.4, -0.2) is 35.5 Å². The van der Waals surface area contributed by atoms with E-state index in [-0.39, 0.29) is 16.9 Å². The number of ether oxygens (including phenoxy) is 1. The number of nitrogens with zero attached hydrogens (tertiary/aromatic N) is 1. The van der Waals surface area contributed by atoms with Crippen LogP contribution < -0.4 is 15.4 Å². The first-order chi connectivity index (χ1) is 15.5. The minimum atomic E-state index is -0.333. The van der Waals surface area contributed by atoms with Gasteiger partial charge in [0.2, 0.25) is 0 Å². The normalized spacial score (nSPS) is 10.2. The molecule has 0 unspecified atom stereocenters. The SMILES string of the molecule is CCOc1ccc(C(=O)NC(=S)Nc2cccc(C(=O)N(C)Cc3ccccc3)c2)cc1. The number of benzene rings is 3. The first-order valence-electron chi connectivity index (χ1n) is 10.2. The molecule has 0 aliphatic carbocycles. The third-order valence-electron chi connectivity index (χ3n) is 4.63. The van der Waals surface area contributed by atoms with Gasteiger partial charge < -0.3 is 15.0 Å². The van der Waals surface area contributed by atoms with Crippen molar-refractivity contribution in [3.63, 3.8) is 0 Å². The number of amides is 2. The van der Waals surface area contributed by atoms with Crippen molar-refractivity contribution in [1.29, 1.82) is 0 Å². The molecule has 0 bridgehead atoms. The minimum absolute atomic E-state index is 0.109. The summed E-state index contributed by atoms with van der Waals surface area (Å²) in [7, 11) is 1.76. The molecule has 2 amide bonds. The summed E-state index contributed by atoms with van der Waals surface area (Å²) in [5.41, 5.74) is 2.65. The van der Waals surface area contributed by atoms with Gasteiger partial charge in [-0.25, -0.2) is 0 Å². The third-order valence-corrected chi connectivity index (χ3v) is 4.84. The Balaban J connectivity index is 1.59. The molecule has 0 aliphatic heterocycles. The Kier molecular flexibility index (Phi) is 7.94. The summed E-state index contributed by atoms with van der Waals surface area (Å²) in [5.74, 6) is 0.255. The van der Waals surface area contributed by atoms with Crippen LogP contribution in [0.25, 0.3) is 0 Å². The second kappa shape index (κ2) is 11.1. The van der Waals surface area contributed by atoms with Crippen LogP contribution in [0.5, 0.6) is 5.75 Å². The number of carbonyl (C=O) groups excluding carboxylic acids is 2. The van der Waals surface area contributed by atoms with E-state index < -0.39 is 0 Å². The van der Waals surface area contributed by atoms with E-state index in [1.54, 1.807) is 60.5 Å². The highest BCUT2D eigenvalue weighted by molar-refractivity contribution is 7.80. The Morgan fingerprint density at radius 3 is 2.34 bits per heavy atom. The molecule has 2 N–H and O–H groups in total. The molecule has 0 aliphatic rings. The Morgan fingerprint density at radius 2 is 1.66 bits per heavy atom. The van der Waals surface area contributed by atoms with E-state index >= 15 is 0 Å². The quantitative estimate of drug-likeness (QED) is 0.523. The molecular formula is C25H25N3O3S. The summed E-state index contributed by atoms with van der Waals surface area (Å²) >= 11 is 5.26. The molecular weight excluding hydrogens is 422 g/mol. The van der Waals surface area contributed by atoms with Crippen LogP contribution in [0.1, 0.15) is 33.2 Å². The lowest BCUT2D eigenvalue weighted by Gasteiger charge is -2.18. The Morgan fingerprint density at radius 1 is 0.938 bits per heavy atom. The number of nitrogens with one attached hydrogen (secondary N) is 2. The van der Waals surface area contributed by atoms with Crippen LogP contribution in [0.15, 0.2) is 78.9 Å². The zero-order valence-electron chi connectivity index (χ0n) is 18.0. The van der Waals surface area contributed by atoms with E-state index in [2.05, 4.69) is 10.6 Å². The van der Waals surface area contributed by atoms with Gasteiger partial charge in [-0.05, 0) is 67.2 Å². The smallest absolute Gasteiger partial charge is 0.257 e. The molecule has 0 saturated carbocycles. The highest BCUT2D eigenvalue weighted by Crippen LogP contribution is 2.15. The zero-order valence-corrected chi connectivity index (χ0v) is 18.8. The second-order valence-corrected chi connectivity index (χ2v) is 7.50. The minimum Gasteiger partial charge on any atom is -0.494 e. The fourth-order valence-electron chi connectivity index (χ4n) is 3.09. The number of hydrogen-bond donors (Lipinski definition) is 2. The maximum absolute atomic E-state index is 12.8. The van der Waals surface area contributed by atoms with Gasteiger partial charge >= 0.3 is 0 Å². The molecule has 0 aromatic heterocycles. The van der Waals surface area contributed by atoms with E-state index in [0.717, 1.165) is 5.56 Å². The van der Waals surface area contributed by atoms with Gasteiger partial charge in [0.15, 0.2) is 5.11 Å². The fourth-order valence-corrected chi connectivity index (χ4v) is 3.30. The van der Waals surface area contributed by atoms with Crippen LogP contribution in [0.3, 0.4) is 0 Å². The van der Waals surface area contributed by atoms with Crippen molar-refractivity contribution in [2.24, 2.45) is 0 Å².